The minimum absolute atomic E-state index is 0.0284. The lowest BCUT2D eigenvalue weighted by molar-refractivity contribution is -0.116. The van der Waals surface area contributed by atoms with Crippen molar-refractivity contribution in [2.45, 2.75) is 12.5 Å². The Balaban J connectivity index is 1.94. The Morgan fingerprint density at radius 3 is 2.05 bits per heavy atom. The molecule has 0 bridgehead atoms. The van der Waals surface area contributed by atoms with Crippen molar-refractivity contribution in [3.8, 4) is 11.5 Å². The van der Waals surface area contributed by atoms with Crippen LogP contribution in [0.15, 0.2) is 54.6 Å². The maximum atomic E-state index is 11.8. The van der Waals surface area contributed by atoms with E-state index in [2.05, 4.69) is 0 Å². The number of allylic oxidation sites excluding steroid dienone is 1. The maximum Gasteiger partial charge on any atom is 0.158 e. The van der Waals surface area contributed by atoms with Crippen LogP contribution in [0.2, 0.25) is 0 Å². The molecular formula is C17H16O4. The molecule has 2 aromatic carbocycles. The molecule has 0 spiro atoms. The number of carbonyl (C=O) groups excluding carboxylic acids is 1. The van der Waals surface area contributed by atoms with E-state index in [4.69, 9.17) is 5.11 Å². The molecule has 0 saturated heterocycles. The Hall–Kier alpha value is -2.59. The molecule has 1 atom stereocenters. The number of aromatic hydroxyl groups is 2. The molecule has 0 aliphatic rings. The zero-order valence-corrected chi connectivity index (χ0v) is 11.3. The van der Waals surface area contributed by atoms with Crippen LogP contribution >= 0.6 is 0 Å². The Bertz CT molecular complexity index is 627. The number of phenolic OH excluding ortho intramolecular Hbond substituents is 2. The monoisotopic (exact) mass is 284 g/mol. The third-order valence-corrected chi connectivity index (χ3v) is 3.03. The molecule has 2 aromatic rings. The molecule has 3 N–H and O–H groups in total. The standard InChI is InChI=1S/C17H16O4/c18-14-6-1-12(2-7-14)3-8-16(20)11-17(21)13-4-9-15(19)10-5-13/h1-10,17-19,21H,11H2/b8-3+/t17-/m0/s1. The quantitative estimate of drug-likeness (QED) is 0.738. The van der Waals surface area contributed by atoms with Crippen molar-refractivity contribution >= 4 is 11.9 Å². The van der Waals surface area contributed by atoms with Gasteiger partial charge in [-0.1, -0.05) is 30.3 Å². The Kier molecular flexibility index (Phi) is 4.74. The van der Waals surface area contributed by atoms with Crippen molar-refractivity contribution in [1.82, 2.24) is 0 Å². The summed E-state index contributed by atoms with van der Waals surface area (Å²) < 4.78 is 0. The third kappa shape index (κ3) is 4.47. The minimum Gasteiger partial charge on any atom is -0.508 e. The van der Waals surface area contributed by atoms with Crippen molar-refractivity contribution in [2.75, 3.05) is 0 Å². The highest BCUT2D eigenvalue weighted by Gasteiger charge is 2.11. The fraction of sp³-hybridized carbons (Fsp3) is 0.118. The molecule has 108 valence electrons. The van der Waals surface area contributed by atoms with Gasteiger partial charge in [-0.15, -0.1) is 0 Å². The van der Waals surface area contributed by atoms with Crippen LogP contribution in [0.5, 0.6) is 11.5 Å². The molecular weight excluding hydrogens is 268 g/mol. The van der Waals surface area contributed by atoms with E-state index < -0.39 is 6.10 Å². The summed E-state index contributed by atoms with van der Waals surface area (Å²) in [5.41, 5.74) is 1.37. The molecule has 0 saturated carbocycles. The molecule has 0 aliphatic carbocycles. The summed E-state index contributed by atoms with van der Waals surface area (Å²) in [6.45, 7) is 0. The highest BCUT2D eigenvalue weighted by molar-refractivity contribution is 5.93. The first-order chi connectivity index (χ1) is 10.0. The molecule has 0 unspecified atom stereocenters. The second-order valence-electron chi connectivity index (χ2n) is 4.70. The molecule has 0 radical (unpaired) electrons. The van der Waals surface area contributed by atoms with Gasteiger partial charge in [-0.05, 0) is 41.5 Å². The molecule has 21 heavy (non-hydrogen) atoms. The number of rotatable bonds is 5. The fourth-order valence-corrected chi connectivity index (χ4v) is 1.85. The van der Waals surface area contributed by atoms with Crippen LogP contribution in [0.25, 0.3) is 6.08 Å². The summed E-state index contributed by atoms with van der Waals surface area (Å²) in [5.74, 6) is 0.0781. The number of carbonyl (C=O) groups is 1. The van der Waals surface area contributed by atoms with Gasteiger partial charge in [0.1, 0.15) is 11.5 Å². The summed E-state index contributed by atoms with van der Waals surface area (Å²) in [6, 6.07) is 12.6. The fourth-order valence-electron chi connectivity index (χ4n) is 1.85. The average Bonchev–Trinajstić information content (AvgIpc) is 2.47. The minimum atomic E-state index is -0.900. The molecule has 0 heterocycles. The van der Waals surface area contributed by atoms with Crippen LogP contribution < -0.4 is 0 Å². The summed E-state index contributed by atoms with van der Waals surface area (Å²) in [7, 11) is 0. The van der Waals surface area contributed by atoms with Crippen LogP contribution in [0.4, 0.5) is 0 Å². The van der Waals surface area contributed by atoms with E-state index in [-0.39, 0.29) is 23.7 Å². The van der Waals surface area contributed by atoms with E-state index >= 15 is 0 Å². The molecule has 0 aliphatic heterocycles. The number of hydrogen-bond acceptors (Lipinski definition) is 4. The maximum absolute atomic E-state index is 11.8. The molecule has 4 nitrogen and oxygen atoms in total. The van der Waals surface area contributed by atoms with Gasteiger partial charge in [0, 0.05) is 6.42 Å². The molecule has 0 amide bonds. The molecule has 2 rings (SSSR count). The van der Waals surface area contributed by atoms with Gasteiger partial charge in [0.2, 0.25) is 0 Å². The average molecular weight is 284 g/mol. The van der Waals surface area contributed by atoms with Gasteiger partial charge in [-0.25, -0.2) is 0 Å². The van der Waals surface area contributed by atoms with Crippen molar-refractivity contribution in [2.24, 2.45) is 0 Å². The van der Waals surface area contributed by atoms with E-state index in [1.54, 1.807) is 30.3 Å². The predicted molar refractivity (Wildman–Crippen MR) is 79.8 cm³/mol. The highest BCUT2D eigenvalue weighted by Crippen LogP contribution is 2.20. The summed E-state index contributed by atoms with van der Waals surface area (Å²) in [4.78, 5) is 11.8. The topological polar surface area (TPSA) is 77.8 Å². The SMILES string of the molecule is O=C(/C=C/c1ccc(O)cc1)C[C@H](O)c1ccc(O)cc1. The van der Waals surface area contributed by atoms with E-state index in [1.165, 1.54) is 30.3 Å². The van der Waals surface area contributed by atoms with Crippen molar-refractivity contribution in [1.29, 1.82) is 0 Å². The van der Waals surface area contributed by atoms with Gasteiger partial charge in [0.15, 0.2) is 5.78 Å². The number of hydrogen-bond donors (Lipinski definition) is 3. The lowest BCUT2D eigenvalue weighted by Crippen LogP contribution is -2.04. The Morgan fingerprint density at radius 2 is 1.48 bits per heavy atom. The normalized spacial score (nSPS) is 12.4. The van der Waals surface area contributed by atoms with Gasteiger partial charge in [0.25, 0.3) is 0 Å². The lowest BCUT2D eigenvalue weighted by Gasteiger charge is -2.08. The number of aliphatic hydroxyl groups is 1. The number of ketones is 1. The van der Waals surface area contributed by atoms with Crippen molar-refractivity contribution < 1.29 is 20.1 Å². The highest BCUT2D eigenvalue weighted by atomic mass is 16.3. The molecule has 0 fully saturated rings. The van der Waals surface area contributed by atoms with Crippen LogP contribution in [0, 0.1) is 0 Å². The van der Waals surface area contributed by atoms with Gasteiger partial charge in [-0.3, -0.25) is 4.79 Å². The first kappa shape index (κ1) is 14.8. The van der Waals surface area contributed by atoms with Crippen LogP contribution in [-0.4, -0.2) is 21.1 Å². The Labute approximate surface area is 122 Å². The summed E-state index contributed by atoms with van der Waals surface area (Å²) >= 11 is 0. The summed E-state index contributed by atoms with van der Waals surface area (Å²) in [5, 5.41) is 28.3. The largest absolute Gasteiger partial charge is 0.508 e. The third-order valence-electron chi connectivity index (χ3n) is 3.03. The smallest absolute Gasteiger partial charge is 0.158 e. The summed E-state index contributed by atoms with van der Waals surface area (Å²) in [6.07, 6.45) is 2.10. The van der Waals surface area contributed by atoms with Crippen LogP contribution in [0.1, 0.15) is 23.7 Å². The van der Waals surface area contributed by atoms with E-state index in [0.717, 1.165) is 5.56 Å². The Morgan fingerprint density at radius 1 is 0.952 bits per heavy atom. The van der Waals surface area contributed by atoms with Gasteiger partial charge in [0.05, 0.1) is 6.10 Å². The second-order valence-corrected chi connectivity index (χ2v) is 4.70. The molecule has 0 aromatic heterocycles. The molecule has 4 heteroatoms. The first-order valence-electron chi connectivity index (χ1n) is 6.51. The van der Waals surface area contributed by atoms with Crippen LogP contribution in [0.3, 0.4) is 0 Å². The van der Waals surface area contributed by atoms with Crippen LogP contribution in [-0.2, 0) is 4.79 Å². The van der Waals surface area contributed by atoms with Gasteiger partial charge < -0.3 is 15.3 Å². The number of benzene rings is 2. The van der Waals surface area contributed by atoms with E-state index in [0.29, 0.717) is 5.56 Å². The number of aliphatic hydroxyl groups excluding tert-OH is 1. The van der Waals surface area contributed by atoms with Crippen molar-refractivity contribution in [3.05, 3.63) is 65.7 Å². The van der Waals surface area contributed by atoms with E-state index in [1.807, 2.05) is 0 Å². The van der Waals surface area contributed by atoms with Gasteiger partial charge >= 0.3 is 0 Å². The zero-order chi connectivity index (χ0) is 15.2. The van der Waals surface area contributed by atoms with Gasteiger partial charge in [-0.2, -0.15) is 0 Å². The van der Waals surface area contributed by atoms with E-state index in [9.17, 15) is 15.0 Å². The first-order valence-corrected chi connectivity index (χ1v) is 6.51. The second kappa shape index (κ2) is 6.72. The van der Waals surface area contributed by atoms with Crippen molar-refractivity contribution in [3.63, 3.8) is 0 Å². The zero-order valence-electron chi connectivity index (χ0n) is 11.3. The predicted octanol–water partition coefficient (Wildman–Crippen LogP) is 2.80. The lowest BCUT2D eigenvalue weighted by atomic mass is 10.0. The number of phenols is 2.